The fourth-order valence-corrected chi connectivity index (χ4v) is 3.84. The SMILES string of the molecule is CC(C)NC(=NCC1CCS(=O)(=O)C1)NC(C)(C)C. The molecule has 5 nitrogen and oxygen atoms in total. The maximum absolute atomic E-state index is 11.4. The molecule has 0 saturated carbocycles. The third-order valence-electron chi connectivity index (χ3n) is 2.75. The van der Waals surface area contributed by atoms with Crippen LogP contribution in [-0.4, -0.2) is 44.0 Å². The van der Waals surface area contributed by atoms with E-state index in [0.717, 1.165) is 12.4 Å². The molecule has 1 unspecified atom stereocenters. The second-order valence-corrected chi connectivity index (χ2v) is 8.86. The van der Waals surface area contributed by atoms with E-state index in [1.807, 2.05) is 0 Å². The van der Waals surface area contributed by atoms with E-state index in [2.05, 4.69) is 50.2 Å². The molecule has 1 atom stereocenters. The van der Waals surface area contributed by atoms with Crippen molar-refractivity contribution in [3.05, 3.63) is 0 Å². The molecule has 1 aliphatic rings. The lowest BCUT2D eigenvalue weighted by atomic mass is 10.1. The second-order valence-electron chi connectivity index (χ2n) is 6.63. The van der Waals surface area contributed by atoms with Gasteiger partial charge in [-0.05, 0) is 47.0 Å². The van der Waals surface area contributed by atoms with Crippen LogP contribution in [0.4, 0.5) is 0 Å². The topological polar surface area (TPSA) is 70.6 Å². The Hall–Kier alpha value is -0.780. The van der Waals surface area contributed by atoms with Gasteiger partial charge in [0.2, 0.25) is 0 Å². The Morgan fingerprint density at radius 3 is 2.42 bits per heavy atom. The van der Waals surface area contributed by atoms with E-state index < -0.39 is 9.84 Å². The number of guanidine groups is 1. The summed E-state index contributed by atoms with van der Waals surface area (Å²) in [4.78, 5) is 4.53. The highest BCUT2D eigenvalue weighted by molar-refractivity contribution is 7.91. The highest BCUT2D eigenvalue weighted by Gasteiger charge is 2.27. The predicted molar refractivity (Wildman–Crippen MR) is 80.2 cm³/mol. The number of rotatable bonds is 3. The molecule has 0 radical (unpaired) electrons. The molecule has 0 spiro atoms. The lowest BCUT2D eigenvalue weighted by Crippen LogP contribution is -2.49. The molecule has 0 amide bonds. The van der Waals surface area contributed by atoms with Crippen LogP contribution in [-0.2, 0) is 9.84 Å². The van der Waals surface area contributed by atoms with E-state index in [0.29, 0.717) is 18.3 Å². The van der Waals surface area contributed by atoms with E-state index in [-0.39, 0.29) is 17.2 Å². The molecule has 0 aromatic carbocycles. The molecule has 1 aliphatic heterocycles. The van der Waals surface area contributed by atoms with Gasteiger partial charge in [-0.1, -0.05) is 0 Å². The third-order valence-corrected chi connectivity index (χ3v) is 4.59. The maximum Gasteiger partial charge on any atom is 0.191 e. The standard InChI is InChI=1S/C13H27N3O2S/c1-10(2)15-12(16-13(3,4)5)14-8-11-6-7-19(17,18)9-11/h10-11H,6-9H2,1-5H3,(H2,14,15,16). The Labute approximate surface area is 117 Å². The molecule has 1 rings (SSSR count). The lowest BCUT2D eigenvalue weighted by Gasteiger charge is -2.25. The van der Waals surface area contributed by atoms with Crippen LogP contribution in [0.25, 0.3) is 0 Å². The average molecular weight is 289 g/mol. The van der Waals surface area contributed by atoms with Gasteiger partial charge in [-0.3, -0.25) is 4.99 Å². The van der Waals surface area contributed by atoms with Crippen molar-refractivity contribution in [2.24, 2.45) is 10.9 Å². The van der Waals surface area contributed by atoms with Crippen LogP contribution in [0.2, 0.25) is 0 Å². The summed E-state index contributed by atoms with van der Waals surface area (Å²) in [7, 11) is -2.81. The molecular formula is C13H27N3O2S. The first kappa shape index (κ1) is 16.3. The normalized spacial score (nSPS) is 23.7. The molecule has 0 aromatic rings. The van der Waals surface area contributed by atoms with E-state index in [1.165, 1.54) is 0 Å². The van der Waals surface area contributed by atoms with Crippen molar-refractivity contribution < 1.29 is 8.42 Å². The number of aliphatic imine (C=N–C) groups is 1. The minimum absolute atomic E-state index is 0.0670. The van der Waals surface area contributed by atoms with Crippen LogP contribution in [0.5, 0.6) is 0 Å². The number of hydrogen-bond donors (Lipinski definition) is 2. The van der Waals surface area contributed by atoms with Crippen molar-refractivity contribution in [2.45, 2.75) is 52.6 Å². The van der Waals surface area contributed by atoms with Crippen LogP contribution in [0.15, 0.2) is 4.99 Å². The molecule has 19 heavy (non-hydrogen) atoms. The summed E-state index contributed by atoms with van der Waals surface area (Å²) < 4.78 is 22.8. The Morgan fingerprint density at radius 2 is 2.00 bits per heavy atom. The first-order valence-electron chi connectivity index (χ1n) is 6.87. The van der Waals surface area contributed by atoms with Crippen molar-refractivity contribution in [2.75, 3.05) is 18.1 Å². The molecule has 2 N–H and O–H groups in total. The summed E-state index contributed by atoms with van der Waals surface area (Å²) in [5.41, 5.74) is -0.0670. The van der Waals surface area contributed by atoms with Gasteiger partial charge in [-0.25, -0.2) is 8.42 Å². The molecule has 0 bridgehead atoms. The van der Waals surface area contributed by atoms with Gasteiger partial charge >= 0.3 is 0 Å². The summed E-state index contributed by atoms with van der Waals surface area (Å²) in [6, 6.07) is 0.293. The zero-order valence-electron chi connectivity index (χ0n) is 12.7. The van der Waals surface area contributed by atoms with Gasteiger partial charge in [0.25, 0.3) is 0 Å². The highest BCUT2D eigenvalue weighted by Crippen LogP contribution is 2.18. The number of hydrogen-bond acceptors (Lipinski definition) is 3. The summed E-state index contributed by atoms with van der Waals surface area (Å²) >= 11 is 0. The van der Waals surface area contributed by atoms with E-state index >= 15 is 0 Å². The van der Waals surface area contributed by atoms with Crippen molar-refractivity contribution in [3.8, 4) is 0 Å². The summed E-state index contributed by atoms with van der Waals surface area (Å²) in [6.07, 6.45) is 0.732. The van der Waals surface area contributed by atoms with Crippen LogP contribution >= 0.6 is 0 Å². The molecule has 6 heteroatoms. The number of nitrogens with one attached hydrogen (secondary N) is 2. The van der Waals surface area contributed by atoms with E-state index in [4.69, 9.17) is 0 Å². The van der Waals surface area contributed by atoms with E-state index in [9.17, 15) is 8.42 Å². The summed E-state index contributed by atoms with van der Waals surface area (Å²) in [5, 5.41) is 6.59. The minimum atomic E-state index is -2.81. The zero-order chi connectivity index (χ0) is 14.7. The molecule has 1 fully saturated rings. The molecule has 0 aliphatic carbocycles. The van der Waals surface area contributed by atoms with Gasteiger partial charge in [-0.2, -0.15) is 0 Å². The Bertz CT molecular complexity index is 422. The molecule has 1 heterocycles. The van der Waals surface area contributed by atoms with Gasteiger partial charge in [0, 0.05) is 18.1 Å². The van der Waals surface area contributed by atoms with Crippen molar-refractivity contribution in [3.63, 3.8) is 0 Å². The quantitative estimate of drug-likeness (QED) is 0.604. The Balaban J connectivity index is 2.62. The smallest absolute Gasteiger partial charge is 0.191 e. The van der Waals surface area contributed by atoms with E-state index in [1.54, 1.807) is 0 Å². The molecule has 0 aromatic heterocycles. The Kier molecular flexibility index (Phi) is 5.24. The summed E-state index contributed by atoms with van der Waals surface area (Å²) in [6.45, 7) is 10.9. The fraction of sp³-hybridized carbons (Fsp3) is 0.923. The van der Waals surface area contributed by atoms with Crippen LogP contribution in [0, 0.1) is 5.92 Å². The largest absolute Gasteiger partial charge is 0.354 e. The first-order valence-corrected chi connectivity index (χ1v) is 8.69. The highest BCUT2D eigenvalue weighted by atomic mass is 32.2. The number of sulfone groups is 1. The van der Waals surface area contributed by atoms with Crippen molar-refractivity contribution >= 4 is 15.8 Å². The molecular weight excluding hydrogens is 262 g/mol. The molecule has 112 valence electrons. The van der Waals surface area contributed by atoms with Gasteiger partial charge in [-0.15, -0.1) is 0 Å². The van der Waals surface area contributed by atoms with Crippen molar-refractivity contribution in [1.29, 1.82) is 0 Å². The van der Waals surface area contributed by atoms with Gasteiger partial charge in [0.15, 0.2) is 15.8 Å². The van der Waals surface area contributed by atoms with Crippen LogP contribution in [0.1, 0.15) is 41.0 Å². The zero-order valence-corrected chi connectivity index (χ0v) is 13.5. The van der Waals surface area contributed by atoms with Crippen LogP contribution < -0.4 is 10.6 Å². The lowest BCUT2D eigenvalue weighted by molar-refractivity contribution is 0.493. The fourth-order valence-electron chi connectivity index (χ4n) is 1.99. The summed E-state index contributed by atoms with van der Waals surface area (Å²) in [5.74, 6) is 1.51. The average Bonchev–Trinajstić information content (AvgIpc) is 2.51. The third kappa shape index (κ3) is 6.80. The minimum Gasteiger partial charge on any atom is -0.354 e. The number of nitrogens with zero attached hydrogens (tertiary/aromatic N) is 1. The van der Waals surface area contributed by atoms with Gasteiger partial charge in [0.05, 0.1) is 11.5 Å². The van der Waals surface area contributed by atoms with Gasteiger partial charge < -0.3 is 10.6 Å². The second kappa shape index (κ2) is 6.11. The predicted octanol–water partition coefficient (Wildman–Crippen LogP) is 1.16. The van der Waals surface area contributed by atoms with Gasteiger partial charge in [0.1, 0.15) is 0 Å². The monoisotopic (exact) mass is 289 g/mol. The maximum atomic E-state index is 11.4. The van der Waals surface area contributed by atoms with Crippen molar-refractivity contribution in [1.82, 2.24) is 10.6 Å². The Morgan fingerprint density at radius 1 is 1.37 bits per heavy atom. The molecule has 1 saturated heterocycles. The first-order chi connectivity index (χ1) is 8.57. The van der Waals surface area contributed by atoms with Crippen LogP contribution in [0.3, 0.4) is 0 Å².